The third-order valence-corrected chi connectivity index (χ3v) is 2.47. The predicted octanol–water partition coefficient (Wildman–Crippen LogP) is 0.612. The summed E-state index contributed by atoms with van der Waals surface area (Å²) in [5.74, 6) is 0.980. The highest BCUT2D eigenvalue weighted by molar-refractivity contribution is 5.30. The van der Waals surface area contributed by atoms with Crippen LogP contribution in [0.2, 0.25) is 0 Å². The second kappa shape index (κ2) is 6.50. The van der Waals surface area contributed by atoms with Gasteiger partial charge in [-0.3, -0.25) is 0 Å². The molecule has 92 valence electrons. The third kappa shape index (κ3) is 3.50. The van der Waals surface area contributed by atoms with Gasteiger partial charge in [0, 0.05) is 41.4 Å². The lowest BCUT2D eigenvalue weighted by Gasteiger charge is -2.12. The van der Waals surface area contributed by atoms with Gasteiger partial charge in [-0.1, -0.05) is 0 Å². The first-order chi connectivity index (χ1) is 7.66. The fourth-order valence-corrected chi connectivity index (χ4v) is 1.57. The van der Waals surface area contributed by atoms with Crippen LogP contribution in [0.5, 0.6) is 0 Å². The molecule has 0 saturated heterocycles. The van der Waals surface area contributed by atoms with E-state index in [1.54, 1.807) is 7.11 Å². The Morgan fingerprint density at radius 2 is 2.25 bits per heavy atom. The van der Waals surface area contributed by atoms with Crippen LogP contribution in [0.1, 0.15) is 12.1 Å². The topological polar surface area (TPSA) is 42.3 Å². The second-order valence-electron chi connectivity index (χ2n) is 4.03. The number of aromatic nitrogens is 2. The number of nitrogens with one attached hydrogen (secondary N) is 1. The molecular formula is C11H22N4O. The summed E-state index contributed by atoms with van der Waals surface area (Å²) in [4.78, 5) is 6.36. The maximum atomic E-state index is 4.99. The third-order valence-electron chi connectivity index (χ3n) is 2.47. The SMILES string of the molecule is COCCCNCc1cnc(N(C)C)n1C. The monoisotopic (exact) mass is 226 g/mol. The van der Waals surface area contributed by atoms with E-state index in [1.165, 1.54) is 5.69 Å². The van der Waals surface area contributed by atoms with Crippen molar-refractivity contribution >= 4 is 5.95 Å². The van der Waals surface area contributed by atoms with Gasteiger partial charge in [-0.2, -0.15) is 0 Å². The van der Waals surface area contributed by atoms with Crippen LogP contribution in [-0.2, 0) is 18.3 Å². The van der Waals surface area contributed by atoms with Gasteiger partial charge >= 0.3 is 0 Å². The van der Waals surface area contributed by atoms with Crippen molar-refractivity contribution in [1.82, 2.24) is 14.9 Å². The zero-order valence-electron chi connectivity index (χ0n) is 10.7. The zero-order valence-corrected chi connectivity index (χ0v) is 10.7. The fraction of sp³-hybridized carbons (Fsp3) is 0.727. The number of imidazole rings is 1. The molecule has 1 N–H and O–H groups in total. The van der Waals surface area contributed by atoms with E-state index in [-0.39, 0.29) is 0 Å². The van der Waals surface area contributed by atoms with E-state index in [2.05, 4.69) is 14.9 Å². The molecule has 0 bridgehead atoms. The molecule has 5 heteroatoms. The Morgan fingerprint density at radius 3 is 2.81 bits per heavy atom. The molecule has 0 atom stereocenters. The van der Waals surface area contributed by atoms with Gasteiger partial charge in [0.2, 0.25) is 5.95 Å². The minimum atomic E-state index is 0.807. The van der Waals surface area contributed by atoms with Crippen molar-refractivity contribution in [2.24, 2.45) is 7.05 Å². The van der Waals surface area contributed by atoms with Gasteiger partial charge in [0.15, 0.2) is 0 Å². The van der Waals surface area contributed by atoms with Gasteiger partial charge in [-0.15, -0.1) is 0 Å². The molecule has 1 aromatic heterocycles. The van der Waals surface area contributed by atoms with Crippen molar-refractivity contribution in [3.05, 3.63) is 11.9 Å². The highest BCUT2D eigenvalue weighted by atomic mass is 16.5. The summed E-state index contributed by atoms with van der Waals surface area (Å²) in [6.07, 6.45) is 2.95. The van der Waals surface area contributed by atoms with E-state index in [0.29, 0.717) is 0 Å². The number of anilines is 1. The van der Waals surface area contributed by atoms with E-state index in [1.807, 2.05) is 32.2 Å². The lowest BCUT2D eigenvalue weighted by molar-refractivity contribution is 0.194. The number of rotatable bonds is 7. The van der Waals surface area contributed by atoms with Crippen molar-refractivity contribution in [3.63, 3.8) is 0 Å². The van der Waals surface area contributed by atoms with Gasteiger partial charge in [-0.05, 0) is 13.0 Å². The van der Waals surface area contributed by atoms with E-state index >= 15 is 0 Å². The van der Waals surface area contributed by atoms with Crippen molar-refractivity contribution < 1.29 is 4.74 Å². The van der Waals surface area contributed by atoms with Crippen LogP contribution >= 0.6 is 0 Å². The number of nitrogens with zero attached hydrogens (tertiary/aromatic N) is 3. The minimum absolute atomic E-state index is 0.807. The Hall–Kier alpha value is -1.07. The van der Waals surface area contributed by atoms with Crippen molar-refractivity contribution in [1.29, 1.82) is 0 Å². The van der Waals surface area contributed by atoms with Crippen LogP contribution in [-0.4, -0.2) is 43.9 Å². The molecule has 0 unspecified atom stereocenters. The summed E-state index contributed by atoms with van der Waals surface area (Å²) < 4.78 is 7.09. The zero-order chi connectivity index (χ0) is 12.0. The number of hydrogen-bond acceptors (Lipinski definition) is 4. The summed E-state index contributed by atoms with van der Waals surface area (Å²) >= 11 is 0. The molecule has 0 aliphatic rings. The highest BCUT2D eigenvalue weighted by Crippen LogP contribution is 2.10. The van der Waals surface area contributed by atoms with E-state index in [9.17, 15) is 0 Å². The average Bonchev–Trinajstić information content (AvgIpc) is 2.60. The van der Waals surface area contributed by atoms with Crippen molar-refractivity contribution in [2.75, 3.05) is 39.3 Å². The molecule has 0 fully saturated rings. The molecule has 0 aromatic carbocycles. The lowest BCUT2D eigenvalue weighted by Crippen LogP contribution is -2.19. The molecule has 0 radical (unpaired) electrons. The molecule has 0 amide bonds. The first kappa shape index (κ1) is 13.0. The maximum absolute atomic E-state index is 4.99. The molecule has 1 rings (SSSR count). The largest absolute Gasteiger partial charge is 0.385 e. The minimum Gasteiger partial charge on any atom is -0.385 e. The molecule has 1 heterocycles. The average molecular weight is 226 g/mol. The highest BCUT2D eigenvalue weighted by Gasteiger charge is 2.06. The lowest BCUT2D eigenvalue weighted by atomic mass is 10.4. The molecule has 1 aromatic rings. The van der Waals surface area contributed by atoms with Crippen LogP contribution in [0.4, 0.5) is 5.95 Å². The quantitative estimate of drug-likeness (QED) is 0.692. The van der Waals surface area contributed by atoms with Gasteiger partial charge in [0.25, 0.3) is 0 Å². The predicted molar refractivity (Wildman–Crippen MR) is 65.7 cm³/mol. The smallest absolute Gasteiger partial charge is 0.204 e. The van der Waals surface area contributed by atoms with E-state index < -0.39 is 0 Å². The van der Waals surface area contributed by atoms with Crippen LogP contribution in [0.15, 0.2) is 6.20 Å². The Labute approximate surface area is 97.4 Å². The number of hydrogen-bond donors (Lipinski definition) is 1. The molecule has 16 heavy (non-hydrogen) atoms. The summed E-state index contributed by atoms with van der Waals surface area (Å²) in [6.45, 7) is 2.62. The van der Waals surface area contributed by atoms with Crippen molar-refractivity contribution in [3.8, 4) is 0 Å². The van der Waals surface area contributed by atoms with Gasteiger partial charge < -0.3 is 19.5 Å². The first-order valence-corrected chi connectivity index (χ1v) is 5.54. The van der Waals surface area contributed by atoms with Crippen LogP contribution < -0.4 is 10.2 Å². The summed E-state index contributed by atoms with van der Waals surface area (Å²) in [6, 6.07) is 0. The Bertz CT molecular complexity index is 309. The Morgan fingerprint density at radius 1 is 1.50 bits per heavy atom. The molecule has 0 aliphatic heterocycles. The van der Waals surface area contributed by atoms with E-state index in [0.717, 1.165) is 32.1 Å². The number of methoxy groups -OCH3 is 1. The standard InChI is InChI=1S/C11H22N4O/c1-14(2)11-13-9-10(15(11)3)8-12-6-5-7-16-4/h9,12H,5-8H2,1-4H3. The van der Waals surface area contributed by atoms with Gasteiger partial charge in [0.1, 0.15) is 0 Å². The van der Waals surface area contributed by atoms with Gasteiger partial charge in [-0.25, -0.2) is 4.98 Å². The number of ether oxygens (including phenoxy) is 1. The van der Waals surface area contributed by atoms with Crippen LogP contribution in [0.3, 0.4) is 0 Å². The maximum Gasteiger partial charge on any atom is 0.204 e. The Balaban J connectivity index is 2.37. The second-order valence-corrected chi connectivity index (χ2v) is 4.03. The van der Waals surface area contributed by atoms with E-state index in [4.69, 9.17) is 4.74 Å². The van der Waals surface area contributed by atoms with Crippen LogP contribution in [0.25, 0.3) is 0 Å². The molecular weight excluding hydrogens is 204 g/mol. The normalized spacial score (nSPS) is 10.8. The summed E-state index contributed by atoms with van der Waals surface area (Å²) in [5, 5.41) is 3.37. The fourth-order valence-electron chi connectivity index (χ4n) is 1.57. The Kier molecular flexibility index (Phi) is 5.28. The molecule has 0 saturated carbocycles. The van der Waals surface area contributed by atoms with Crippen molar-refractivity contribution in [2.45, 2.75) is 13.0 Å². The molecule has 5 nitrogen and oxygen atoms in total. The molecule has 0 spiro atoms. The van der Waals surface area contributed by atoms with Crippen LogP contribution in [0, 0.1) is 0 Å². The first-order valence-electron chi connectivity index (χ1n) is 5.54. The summed E-state index contributed by atoms with van der Waals surface area (Å²) in [7, 11) is 7.76. The molecule has 0 aliphatic carbocycles. The van der Waals surface area contributed by atoms with Gasteiger partial charge in [0.05, 0.1) is 11.9 Å². The summed E-state index contributed by atoms with van der Waals surface area (Å²) in [5.41, 5.74) is 1.20.